The molecular formula is C15H21NO2S. The van der Waals surface area contributed by atoms with Crippen molar-refractivity contribution in [1.29, 1.82) is 0 Å². The van der Waals surface area contributed by atoms with E-state index < -0.39 is 10.0 Å². The third kappa shape index (κ3) is 2.70. The molecule has 0 aromatic heterocycles. The lowest BCUT2D eigenvalue weighted by molar-refractivity contribution is 0.249. The Bertz CT molecular complexity index is 547. The number of hydrogen-bond donors (Lipinski definition) is 0. The predicted octanol–water partition coefficient (Wildman–Crippen LogP) is 2.71. The van der Waals surface area contributed by atoms with Crippen molar-refractivity contribution in [2.45, 2.75) is 51.1 Å². The molecule has 19 heavy (non-hydrogen) atoms. The van der Waals surface area contributed by atoms with Crippen molar-refractivity contribution in [2.75, 3.05) is 5.75 Å². The first-order valence-electron chi connectivity index (χ1n) is 7.23. The average Bonchev–Trinajstić information content (AvgIpc) is 2.57. The lowest BCUT2D eigenvalue weighted by Gasteiger charge is -2.32. The van der Waals surface area contributed by atoms with Gasteiger partial charge in [0.25, 0.3) is 0 Å². The van der Waals surface area contributed by atoms with E-state index in [1.165, 1.54) is 30.4 Å². The summed E-state index contributed by atoms with van der Waals surface area (Å²) in [6.45, 7) is 0.573. The van der Waals surface area contributed by atoms with Crippen LogP contribution in [0.3, 0.4) is 0 Å². The van der Waals surface area contributed by atoms with Gasteiger partial charge in [-0.15, -0.1) is 0 Å². The van der Waals surface area contributed by atoms with Gasteiger partial charge in [-0.1, -0.05) is 43.5 Å². The van der Waals surface area contributed by atoms with Crippen LogP contribution in [0, 0.1) is 0 Å². The van der Waals surface area contributed by atoms with Crippen molar-refractivity contribution in [3.63, 3.8) is 0 Å². The number of fused-ring (bicyclic) bond motifs is 1. The van der Waals surface area contributed by atoms with Gasteiger partial charge in [0.15, 0.2) is 0 Å². The summed E-state index contributed by atoms with van der Waals surface area (Å²) in [5.74, 6) is 0.264. The molecule has 0 radical (unpaired) electrons. The number of benzene rings is 1. The van der Waals surface area contributed by atoms with Gasteiger partial charge in [-0.2, -0.15) is 4.31 Å². The molecule has 1 fully saturated rings. The highest BCUT2D eigenvalue weighted by Gasteiger charge is 2.33. The molecule has 3 rings (SSSR count). The molecular weight excluding hydrogens is 258 g/mol. The molecule has 4 heteroatoms. The van der Waals surface area contributed by atoms with Crippen LogP contribution >= 0.6 is 0 Å². The Morgan fingerprint density at radius 1 is 1.00 bits per heavy atom. The Hall–Kier alpha value is -0.870. The van der Waals surface area contributed by atoms with E-state index in [0.717, 1.165) is 12.8 Å². The Labute approximate surface area is 115 Å². The van der Waals surface area contributed by atoms with Gasteiger partial charge in [-0.05, 0) is 30.4 Å². The lowest BCUT2D eigenvalue weighted by Crippen LogP contribution is -2.41. The minimum atomic E-state index is -3.09. The van der Waals surface area contributed by atoms with E-state index >= 15 is 0 Å². The molecule has 0 amide bonds. The highest BCUT2D eigenvalue weighted by Crippen LogP contribution is 2.29. The quantitative estimate of drug-likeness (QED) is 0.792. The third-order valence-corrected chi connectivity index (χ3v) is 6.28. The smallest absolute Gasteiger partial charge is 0.212 e. The second kappa shape index (κ2) is 5.25. The summed E-state index contributed by atoms with van der Waals surface area (Å²) in [5, 5.41) is 0. The molecule has 1 aliphatic carbocycles. The van der Waals surface area contributed by atoms with Crippen LogP contribution in [0.2, 0.25) is 0 Å². The van der Waals surface area contributed by atoms with Gasteiger partial charge in [0.2, 0.25) is 10.0 Å². The first kappa shape index (κ1) is 13.1. The predicted molar refractivity (Wildman–Crippen MR) is 76.3 cm³/mol. The minimum Gasteiger partial charge on any atom is -0.212 e. The third-order valence-electron chi connectivity index (χ3n) is 4.41. The summed E-state index contributed by atoms with van der Waals surface area (Å²) < 4.78 is 26.8. The SMILES string of the molecule is O=S1(=O)CCc2ccccc2CN1C1CCCCC1. The van der Waals surface area contributed by atoms with Crippen molar-refractivity contribution in [3.05, 3.63) is 35.4 Å². The maximum atomic E-state index is 12.5. The standard InChI is InChI=1S/C15H21NO2S/c17-19(18)11-10-13-6-4-5-7-14(13)12-16(19)15-8-2-1-3-9-15/h4-7,15H,1-3,8-12H2. The van der Waals surface area contributed by atoms with Gasteiger partial charge in [-0.3, -0.25) is 0 Å². The van der Waals surface area contributed by atoms with Crippen LogP contribution in [0.15, 0.2) is 24.3 Å². The topological polar surface area (TPSA) is 37.4 Å². The molecule has 1 aliphatic heterocycles. The van der Waals surface area contributed by atoms with Crippen LogP contribution in [0.25, 0.3) is 0 Å². The molecule has 1 heterocycles. The summed E-state index contributed by atoms with van der Waals surface area (Å²) in [7, 11) is -3.09. The first-order chi connectivity index (χ1) is 9.17. The highest BCUT2D eigenvalue weighted by atomic mass is 32.2. The monoisotopic (exact) mass is 279 g/mol. The zero-order chi connectivity index (χ0) is 13.3. The summed E-state index contributed by atoms with van der Waals surface area (Å²) in [4.78, 5) is 0. The molecule has 0 N–H and O–H groups in total. The van der Waals surface area contributed by atoms with Crippen LogP contribution in [-0.2, 0) is 23.0 Å². The fourth-order valence-electron chi connectivity index (χ4n) is 3.30. The Kier molecular flexibility index (Phi) is 3.63. The zero-order valence-corrected chi connectivity index (χ0v) is 12.0. The minimum absolute atomic E-state index is 0.227. The fraction of sp³-hybridized carbons (Fsp3) is 0.600. The molecule has 3 nitrogen and oxygen atoms in total. The van der Waals surface area contributed by atoms with Crippen LogP contribution in [0.1, 0.15) is 43.2 Å². The Morgan fingerprint density at radius 2 is 1.68 bits per heavy atom. The van der Waals surface area contributed by atoms with Crippen LogP contribution in [-0.4, -0.2) is 24.5 Å². The maximum Gasteiger partial charge on any atom is 0.214 e. The van der Waals surface area contributed by atoms with E-state index in [-0.39, 0.29) is 11.8 Å². The second-order valence-corrected chi connectivity index (χ2v) is 7.71. The maximum absolute atomic E-state index is 12.5. The Balaban J connectivity index is 1.92. The number of sulfonamides is 1. The fourth-order valence-corrected chi connectivity index (χ4v) is 5.02. The average molecular weight is 279 g/mol. The lowest BCUT2D eigenvalue weighted by atomic mass is 9.95. The molecule has 0 spiro atoms. The molecule has 0 saturated heterocycles. The van der Waals surface area contributed by atoms with Gasteiger partial charge in [-0.25, -0.2) is 8.42 Å². The molecule has 104 valence electrons. The number of hydrogen-bond acceptors (Lipinski definition) is 2. The van der Waals surface area contributed by atoms with E-state index in [2.05, 4.69) is 12.1 Å². The second-order valence-electron chi connectivity index (χ2n) is 5.67. The normalized spacial score (nSPS) is 24.6. The van der Waals surface area contributed by atoms with Gasteiger partial charge >= 0.3 is 0 Å². The van der Waals surface area contributed by atoms with Crippen molar-refractivity contribution < 1.29 is 8.42 Å². The summed E-state index contributed by atoms with van der Waals surface area (Å²) in [6.07, 6.45) is 6.29. The van der Waals surface area contributed by atoms with Gasteiger partial charge in [0, 0.05) is 12.6 Å². The molecule has 2 aliphatic rings. The van der Waals surface area contributed by atoms with Crippen molar-refractivity contribution in [3.8, 4) is 0 Å². The van der Waals surface area contributed by atoms with E-state index in [9.17, 15) is 8.42 Å². The first-order valence-corrected chi connectivity index (χ1v) is 8.84. The van der Waals surface area contributed by atoms with Crippen molar-refractivity contribution >= 4 is 10.0 Å². The van der Waals surface area contributed by atoms with E-state index in [1.54, 1.807) is 4.31 Å². The summed E-state index contributed by atoms with van der Waals surface area (Å²) >= 11 is 0. The van der Waals surface area contributed by atoms with Crippen LogP contribution in [0.4, 0.5) is 0 Å². The molecule has 0 unspecified atom stereocenters. The van der Waals surface area contributed by atoms with E-state index in [1.807, 2.05) is 12.1 Å². The Morgan fingerprint density at radius 3 is 2.42 bits per heavy atom. The number of nitrogens with zero attached hydrogens (tertiary/aromatic N) is 1. The van der Waals surface area contributed by atoms with E-state index in [0.29, 0.717) is 13.0 Å². The molecule has 1 saturated carbocycles. The van der Waals surface area contributed by atoms with Crippen LogP contribution < -0.4 is 0 Å². The zero-order valence-electron chi connectivity index (χ0n) is 11.2. The molecule has 0 bridgehead atoms. The van der Waals surface area contributed by atoms with Gasteiger partial charge in [0.1, 0.15) is 0 Å². The summed E-state index contributed by atoms with van der Waals surface area (Å²) in [5.41, 5.74) is 2.39. The van der Waals surface area contributed by atoms with Crippen molar-refractivity contribution in [1.82, 2.24) is 4.31 Å². The number of rotatable bonds is 1. The number of aryl methyl sites for hydroxylation is 1. The highest BCUT2D eigenvalue weighted by molar-refractivity contribution is 7.89. The van der Waals surface area contributed by atoms with E-state index in [4.69, 9.17) is 0 Å². The van der Waals surface area contributed by atoms with Gasteiger partial charge in [0.05, 0.1) is 5.75 Å². The largest absolute Gasteiger partial charge is 0.214 e. The summed E-state index contributed by atoms with van der Waals surface area (Å²) in [6, 6.07) is 8.38. The molecule has 1 aromatic carbocycles. The molecule has 1 aromatic rings. The van der Waals surface area contributed by atoms with Crippen LogP contribution in [0.5, 0.6) is 0 Å². The molecule has 0 atom stereocenters. The van der Waals surface area contributed by atoms with Gasteiger partial charge < -0.3 is 0 Å². The van der Waals surface area contributed by atoms with Crippen molar-refractivity contribution in [2.24, 2.45) is 0 Å².